The number of β-lactam (4-membered cyclic amide) rings is 1. The van der Waals surface area contributed by atoms with Crippen LogP contribution in [-0.2, 0) is 24.0 Å². The molecule has 0 bridgehead atoms. The molecule has 2 atom stereocenters. The van der Waals surface area contributed by atoms with E-state index in [0.717, 1.165) is 11.3 Å². The summed E-state index contributed by atoms with van der Waals surface area (Å²) in [7, 11) is 1.25. The minimum Gasteiger partial charge on any atom is -0.477 e. The van der Waals surface area contributed by atoms with Crippen LogP contribution < -0.4 is 10.6 Å². The molecule has 11 nitrogen and oxygen atoms in total. The molecule has 1 unspecified atom stereocenters. The van der Waals surface area contributed by atoms with E-state index in [0.29, 0.717) is 6.41 Å². The average molecular weight is 460 g/mol. The number of amides is 3. The zero-order valence-corrected chi connectivity index (χ0v) is 17.1. The fraction of sp³-hybridized carbons (Fsp3) is 0.333. The first kappa shape index (κ1) is 21.1. The highest BCUT2D eigenvalue weighted by atomic mass is 35.5. The Hall–Kier alpha value is -2.64. The van der Waals surface area contributed by atoms with E-state index in [2.05, 4.69) is 20.8 Å². The van der Waals surface area contributed by atoms with Crippen molar-refractivity contribution in [3.63, 3.8) is 0 Å². The predicted molar refractivity (Wildman–Crippen MR) is 106 cm³/mol. The van der Waals surface area contributed by atoms with E-state index in [4.69, 9.17) is 16.4 Å². The fourth-order valence-electron chi connectivity index (χ4n) is 2.76. The number of carbonyl (C=O) groups excluding carboxylic acids is 3. The van der Waals surface area contributed by atoms with Crippen molar-refractivity contribution >= 4 is 69.7 Å². The van der Waals surface area contributed by atoms with Crippen LogP contribution in [0.15, 0.2) is 21.8 Å². The predicted octanol–water partition coefficient (Wildman–Crippen LogP) is 0.387. The number of rotatable bonds is 8. The third kappa shape index (κ3) is 4.06. The fourth-order valence-corrected chi connectivity index (χ4v) is 5.22. The van der Waals surface area contributed by atoms with Crippen LogP contribution in [0.5, 0.6) is 0 Å². The molecule has 154 valence electrons. The molecule has 3 amide bonds. The largest absolute Gasteiger partial charge is 0.477 e. The summed E-state index contributed by atoms with van der Waals surface area (Å²) >= 11 is 8.24. The molecule has 0 saturated carbocycles. The van der Waals surface area contributed by atoms with Crippen LogP contribution in [0.3, 0.4) is 0 Å². The molecule has 2 aliphatic heterocycles. The minimum absolute atomic E-state index is 0.162. The van der Waals surface area contributed by atoms with Gasteiger partial charge in [-0.2, -0.15) is 0 Å². The maximum Gasteiger partial charge on any atom is 0.352 e. The van der Waals surface area contributed by atoms with Gasteiger partial charge in [0.05, 0.1) is 11.8 Å². The van der Waals surface area contributed by atoms with Crippen molar-refractivity contribution < 1.29 is 29.1 Å². The highest BCUT2D eigenvalue weighted by molar-refractivity contribution is 8.00. The number of carboxylic acid groups (broad SMARTS) is 1. The van der Waals surface area contributed by atoms with E-state index in [1.165, 1.54) is 29.2 Å². The number of oxime groups is 1. The van der Waals surface area contributed by atoms with Crippen LogP contribution in [0.1, 0.15) is 12.1 Å². The van der Waals surface area contributed by atoms with Gasteiger partial charge in [0.1, 0.15) is 23.9 Å². The lowest BCUT2D eigenvalue weighted by atomic mass is 10.1. The summed E-state index contributed by atoms with van der Waals surface area (Å²) in [6.45, 7) is 0. The summed E-state index contributed by atoms with van der Waals surface area (Å²) in [6, 6.07) is 0. The van der Waals surface area contributed by atoms with Gasteiger partial charge < -0.3 is 20.6 Å². The topological polar surface area (TPSA) is 150 Å². The van der Waals surface area contributed by atoms with Crippen LogP contribution in [0.25, 0.3) is 0 Å². The molecule has 29 heavy (non-hydrogen) atoms. The number of nitrogens with zero attached hydrogens (tertiary/aromatic N) is 3. The maximum atomic E-state index is 12.8. The molecule has 2 aliphatic rings. The quantitative estimate of drug-likeness (QED) is 0.166. The molecule has 3 N–H and O–H groups in total. The number of thiazole rings is 1. The highest BCUT2D eigenvalue weighted by Crippen LogP contribution is 2.43. The third-order valence-electron chi connectivity index (χ3n) is 4.00. The molecule has 1 aromatic heterocycles. The number of hydrogen-bond donors (Lipinski definition) is 3. The van der Waals surface area contributed by atoms with Gasteiger partial charge in [0.25, 0.3) is 5.91 Å². The average Bonchev–Trinajstić information content (AvgIpc) is 3.13. The second kappa shape index (κ2) is 8.80. The summed E-state index contributed by atoms with van der Waals surface area (Å²) in [5.74, 6) is -2.49. The Morgan fingerprint density at radius 1 is 1.55 bits per heavy atom. The van der Waals surface area contributed by atoms with Crippen molar-refractivity contribution in [2.45, 2.75) is 17.2 Å². The van der Waals surface area contributed by atoms with Gasteiger partial charge >= 0.3 is 5.97 Å². The lowest BCUT2D eigenvalue weighted by molar-refractivity contribution is -0.146. The van der Waals surface area contributed by atoms with Crippen LogP contribution in [0.2, 0.25) is 0 Å². The molecule has 0 aromatic carbocycles. The zero-order chi connectivity index (χ0) is 21.1. The molecule has 3 rings (SSSR count). The van der Waals surface area contributed by atoms with E-state index in [-0.39, 0.29) is 46.0 Å². The first-order valence-electron chi connectivity index (χ1n) is 7.99. The summed E-state index contributed by atoms with van der Waals surface area (Å²) in [5.41, 5.74) is -0.0298. The Kier molecular flexibility index (Phi) is 6.39. The van der Waals surface area contributed by atoms with E-state index < -0.39 is 22.6 Å². The van der Waals surface area contributed by atoms with Gasteiger partial charge in [-0.3, -0.25) is 19.3 Å². The Labute approximate surface area is 177 Å². The molecule has 1 aromatic rings. The number of anilines is 1. The van der Waals surface area contributed by atoms with Gasteiger partial charge in [0.15, 0.2) is 10.8 Å². The van der Waals surface area contributed by atoms with Gasteiger partial charge in [0.2, 0.25) is 12.3 Å². The number of halogens is 1. The Morgan fingerprint density at radius 2 is 2.31 bits per heavy atom. The number of carboxylic acids is 1. The second-order valence-corrected chi connectivity index (χ2v) is 8.06. The molecular formula is C15H14ClN5O6S2. The molecule has 1 saturated heterocycles. The van der Waals surface area contributed by atoms with Crippen LogP contribution >= 0.6 is 34.7 Å². The molecule has 0 spiro atoms. The lowest BCUT2D eigenvalue weighted by Crippen LogP contribution is -2.57. The summed E-state index contributed by atoms with van der Waals surface area (Å²) in [4.78, 5) is 56.8. The van der Waals surface area contributed by atoms with Crippen molar-refractivity contribution in [1.29, 1.82) is 0 Å². The van der Waals surface area contributed by atoms with Gasteiger partial charge in [-0.15, -0.1) is 34.7 Å². The van der Waals surface area contributed by atoms with Crippen LogP contribution in [-0.4, -0.2) is 68.6 Å². The summed E-state index contributed by atoms with van der Waals surface area (Å²) in [6.07, 6.45) is 0.611. The lowest BCUT2D eigenvalue weighted by Gasteiger charge is -2.46. The molecule has 0 radical (unpaired) electrons. The van der Waals surface area contributed by atoms with Crippen molar-refractivity contribution in [3.05, 3.63) is 22.3 Å². The number of aromatic nitrogens is 1. The standard InChI is InChI=1S/C15H14ClN5O6S2/c1-27-20-10(7-4-28-15(18-7)17-5-22)12(24)19-13-6(3-16)11(14(25)26)21-8(23)2-9(21)29-13/h4-5,9,13H,2-3H2,1H3,(H,19,24)(H,25,26)(H,17,18,22)/t9-,13?/m1/s1. The molecule has 0 aliphatic carbocycles. The number of fused-ring (bicyclic) bond motifs is 1. The minimum atomic E-state index is -1.30. The zero-order valence-electron chi connectivity index (χ0n) is 14.7. The SMILES string of the molecule is CON=C(C(=O)NC1S[C@@H]2CC(=O)N2C(C(=O)O)=C1CCl)c1csc(NC=O)n1. The van der Waals surface area contributed by atoms with Crippen LogP contribution in [0.4, 0.5) is 5.13 Å². The number of alkyl halides is 1. The van der Waals surface area contributed by atoms with Gasteiger partial charge in [-0.05, 0) is 0 Å². The van der Waals surface area contributed by atoms with E-state index >= 15 is 0 Å². The Balaban J connectivity index is 1.88. The van der Waals surface area contributed by atoms with Gasteiger partial charge in [-0.1, -0.05) is 5.16 Å². The Bertz CT molecular complexity index is 932. The number of hydrogen-bond acceptors (Lipinski definition) is 9. The number of carbonyl (C=O) groups is 4. The van der Waals surface area contributed by atoms with E-state index in [1.807, 2.05) is 0 Å². The molecule has 14 heteroatoms. The normalized spacial score (nSPS) is 21.2. The monoisotopic (exact) mass is 459 g/mol. The second-order valence-electron chi connectivity index (χ2n) is 5.65. The summed E-state index contributed by atoms with van der Waals surface area (Å²) < 4.78 is 0. The Morgan fingerprint density at radius 3 is 2.90 bits per heavy atom. The van der Waals surface area contributed by atoms with Crippen molar-refractivity contribution in [3.8, 4) is 0 Å². The number of nitrogens with one attached hydrogen (secondary N) is 2. The number of aliphatic carboxylic acids is 1. The van der Waals surface area contributed by atoms with Crippen LogP contribution in [0, 0.1) is 0 Å². The first-order valence-corrected chi connectivity index (χ1v) is 10.3. The van der Waals surface area contributed by atoms with E-state index in [9.17, 15) is 24.3 Å². The summed E-state index contributed by atoms with van der Waals surface area (Å²) in [5, 5.41) is 18.8. The maximum absolute atomic E-state index is 12.8. The number of thioether (sulfide) groups is 1. The molecule has 3 heterocycles. The van der Waals surface area contributed by atoms with Crippen molar-refractivity contribution in [2.24, 2.45) is 5.16 Å². The van der Waals surface area contributed by atoms with E-state index in [1.54, 1.807) is 0 Å². The first-order chi connectivity index (χ1) is 13.9. The van der Waals surface area contributed by atoms with Crippen molar-refractivity contribution in [1.82, 2.24) is 15.2 Å². The molecular weight excluding hydrogens is 446 g/mol. The third-order valence-corrected chi connectivity index (χ3v) is 6.42. The van der Waals surface area contributed by atoms with Gasteiger partial charge in [0, 0.05) is 16.8 Å². The van der Waals surface area contributed by atoms with Crippen molar-refractivity contribution in [2.75, 3.05) is 18.3 Å². The molecule has 1 fully saturated rings. The highest BCUT2D eigenvalue weighted by Gasteiger charge is 2.48. The smallest absolute Gasteiger partial charge is 0.352 e. The van der Waals surface area contributed by atoms with Gasteiger partial charge in [-0.25, -0.2) is 9.78 Å².